The van der Waals surface area contributed by atoms with E-state index in [1.807, 2.05) is 19.9 Å². The predicted octanol–water partition coefficient (Wildman–Crippen LogP) is 2.10. The van der Waals surface area contributed by atoms with Crippen molar-refractivity contribution in [3.8, 4) is 6.07 Å². The number of nitrogens with zero attached hydrogens (tertiary/aromatic N) is 3. The van der Waals surface area contributed by atoms with Gasteiger partial charge >= 0.3 is 0 Å². The van der Waals surface area contributed by atoms with Crippen LogP contribution >= 0.6 is 15.9 Å². The molecule has 0 saturated carbocycles. The summed E-state index contributed by atoms with van der Waals surface area (Å²) < 4.78 is 0. The summed E-state index contributed by atoms with van der Waals surface area (Å²) in [6.45, 7) is 3.74. The third kappa shape index (κ3) is 2.49. The molecule has 1 aromatic heterocycles. The highest BCUT2D eigenvalue weighted by Crippen LogP contribution is 2.15. The van der Waals surface area contributed by atoms with Gasteiger partial charge in [-0.3, -0.25) is 0 Å². The molecule has 0 saturated heterocycles. The van der Waals surface area contributed by atoms with Crippen molar-refractivity contribution in [1.29, 1.82) is 5.26 Å². The molecule has 0 fully saturated rings. The minimum absolute atomic E-state index is 0.180. The summed E-state index contributed by atoms with van der Waals surface area (Å²) in [5.74, 6) is 0.539. The lowest BCUT2D eigenvalue weighted by atomic mass is 10.1. The standard InChI is InChI=1S/C9H10BrN3/c1-6-3-9(8(4-10)5-11)13-7(2)12-6/h3,8H,4H2,1-2H3. The maximum atomic E-state index is 8.82. The Bertz CT molecular complexity index is 323. The van der Waals surface area contributed by atoms with Crippen molar-refractivity contribution in [1.82, 2.24) is 9.97 Å². The van der Waals surface area contributed by atoms with E-state index in [9.17, 15) is 0 Å². The molecule has 0 bridgehead atoms. The fraction of sp³-hybridized carbons (Fsp3) is 0.444. The van der Waals surface area contributed by atoms with Gasteiger partial charge in [-0.15, -0.1) is 0 Å². The van der Waals surface area contributed by atoms with E-state index in [4.69, 9.17) is 5.26 Å². The van der Waals surface area contributed by atoms with E-state index in [1.165, 1.54) is 0 Å². The second kappa shape index (κ2) is 4.33. The Hall–Kier alpha value is -0.950. The van der Waals surface area contributed by atoms with Gasteiger partial charge in [0.2, 0.25) is 0 Å². The third-order valence-corrected chi connectivity index (χ3v) is 2.30. The van der Waals surface area contributed by atoms with Gasteiger partial charge in [0.25, 0.3) is 0 Å². The summed E-state index contributed by atoms with van der Waals surface area (Å²) in [5.41, 5.74) is 1.70. The van der Waals surface area contributed by atoms with Gasteiger partial charge in [-0.05, 0) is 19.9 Å². The van der Waals surface area contributed by atoms with Crippen LogP contribution in [-0.4, -0.2) is 15.3 Å². The van der Waals surface area contributed by atoms with E-state index in [-0.39, 0.29) is 5.92 Å². The van der Waals surface area contributed by atoms with Gasteiger partial charge in [0.1, 0.15) is 5.82 Å². The van der Waals surface area contributed by atoms with E-state index in [0.29, 0.717) is 5.33 Å². The first-order valence-electron chi connectivity index (χ1n) is 3.95. The van der Waals surface area contributed by atoms with E-state index in [1.54, 1.807) is 0 Å². The molecule has 0 spiro atoms. The fourth-order valence-electron chi connectivity index (χ4n) is 1.10. The molecule has 0 radical (unpaired) electrons. The average Bonchev–Trinajstić information content (AvgIpc) is 2.04. The number of rotatable bonds is 2. The number of nitriles is 1. The van der Waals surface area contributed by atoms with Crippen molar-refractivity contribution in [3.05, 3.63) is 23.3 Å². The predicted molar refractivity (Wildman–Crippen MR) is 53.7 cm³/mol. The smallest absolute Gasteiger partial charge is 0.125 e. The summed E-state index contributed by atoms with van der Waals surface area (Å²) in [6, 6.07) is 4.03. The summed E-state index contributed by atoms with van der Waals surface area (Å²) in [5, 5.41) is 9.43. The van der Waals surface area contributed by atoms with Crippen molar-refractivity contribution in [2.24, 2.45) is 0 Å². The third-order valence-electron chi connectivity index (χ3n) is 1.65. The average molecular weight is 240 g/mol. The number of alkyl halides is 1. The quantitative estimate of drug-likeness (QED) is 0.743. The highest BCUT2D eigenvalue weighted by Gasteiger charge is 2.11. The number of hydrogen-bond donors (Lipinski definition) is 0. The minimum atomic E-state index is -0.180. The van der Waals surface area contributed by atoms with Gasteiger partial charge in [-0.25, -0.2) is 9.97 Å². The normalized spacial score (nSPS) is 12.2. The molecule has 4 heteroatoms. The zero-order valence-electron chi connectivity index (χ0n) is 7.58. The van der Waals surface area contributed by atoms with Crippen molar-refractivity contribution < 1.29 is 0 Å². The number of hydrogen-bond acceptors (Lipinski definition) is 3. The first kappa shape index (κ1) is 10.1. The molecule has 0 aliphatic heterocycles. The van der Waals surface area contributed by atoms with Gasteiger partial charge < -0.3 is 0 Å². The molecule has 1 rings (SSSR count). The second-order valence-electron chi connectivity index (χ2n) is 2.82. The zero-order chi connectivity index (χ0) is 9.84. The monoisotopic (exact) mass is 239 g/mol. The lowest BCUT2D eigenvalue weighted by Gasteiger charge is -2.05. The second-order valence-corrected chi connectivity index (χ2v) is 3.46. The van der Waals surface area contributed by atoms with Crippen molar-refractivity contribution in [2.45, 2.75) is 19.8 Å². The Balaban J connectivity index is 3.08. The molecule has 1 aromatic rings. The van der Waals surface area contributed by atoms with Crippen LogP contribution < -0.4 is 0 Å². The first-order valence-corrected chi connectivity index (χ1v) is 5.07. The number of aryl methyl sites for hydroxylation is 2. The largest absolute Gasteiger partial charge is 0.239 e. The van der Waals surface area contributed by atoms with Gasteiger partial charge in [0.05, 0.1) is 17.7 Å². The van der Waals surface area contributed by atoms with Crippen molar-refractivity contribution in [3.63, 3.8) is 0 Å². The van der Waals surface area contributed by atoms with Crippen LogP contribution in [0.3, 0.4) is 0 Å². The van der Waals surface area contributed by atoms with Crippen LogP contribution in [0.25, 0.3) is 0 Å². The molecule has 0 N–H and O–H groups in total. The zero-order valence-corrected chi connectivity index (χ0v) is 9.17. The molecule has 0 amide bonds. The molecular weight excluding hydrogens is 230 g/mol. The summed E-state index contributed by atoms with van der Waals surface area (Å²) in [6.07, 6.45) is 0. The van der Waals surface area contributed by atoms with Crippen LogP contribution in [0.1, 0.15) is 23.1 Å². The van der Waals surface area contributed by atoms with Gasteiger partial charge in [0.15, 0.2) is 0 Å². The number of aromatic nitrogens is 2. The van der Waals surface area contributed by atoms with Crippen LogP contribution in [0.4, 0.5) is 0 Å². The van der Waals surface area contributed by atoms with Crippen molar-refractivity contribution in [2.75, 3.05) is 5.33 Å². The molecule has 1 heterocycles. The Kier molecular flexibility index (Phi) is 3.38. The van der Waals surface area contributed by atoms with E-state index >= 15 is 0 Å². The molecule has 13 heavy (non-hydrogen) atoms. The van der Waals surface area contributed by atoms with E-state index in [0.717, 1.165) is 17.2 Å². The number of halogens is 1. The fourth-order valence-corrected chi connectivity index (χ4v) is 1.58. The van der Waals surface area contributed by atoms with Crippen LogP contribution in [-0.2, 0) is 0 Å². The van der Waals surface area contributed by atoms with Crippen LogP contribution in [0.15, 0.2) is 6.07 Å². The lowest BCUT2D eigenvalue weighted by molar-refractivity contribution is 0.878. The lowest BCUT2D eigenvalue weighted by Crippen LogP contribution is -2.03. The maximum absolute atomic E-state index is 8.82. The Morgan fingerprint density at radius 3 is 2.69 bits per heavy atom. The van der Waals surface area contributed by atoms with Crippen molar-refractivity contribution >= 4 is 15.9 Å². The van der Waals surface area contributed by atoms with Gasteiger partial charge in [-0.2, -0.15) is 5.26 Å². The van der Waals surface area contributed by atoms with E-state index in [2.05, 4.69) is 32.0 Å². The van der Waals surface area contributed by atoms with Crippen LogP contribution in [0.5, 0.6) is 0 Å². The molecule has 68 valence electrons. The molecular formula is C9H10BrN3. The van der Waals surface area contributed by atoms with Gasteiger partial charge in [-0.1, -0.05) is 15.9 Å². The molecule has 1 unspecified atom stereocenters. The van der Waals surface area contributed by atoms with Crippen LogP contribution in [0, 0.1) is 25.2 Å². The molecule has 1 atom stereocenters. The highest BCUT2D eigenvalue weighted by atomic mass is 79.9. The Morgan fingerprint density at radius 2 is 2.23 bits per heavy atom. The topological polar surface area (TPSA) is 49.6 Å². The minimum Gasteiger partial charge on any atom is -0.239 e. The molecule has 0 aliphatic carbocycles. The molecule has 0 aliphatic rings. The summed E-state index contributed by atoms with van der Waals surface area (Å²) >= 11 is 3.28. The highest BCUT2D eigenvalue weighted by molar-refractivity contribution is 9.09. The SMILES string of the molecule is Cc1cc(C(C#N)CBr)nc(C)n1. The van der Waals surface area contributed by atoms with E-state index < -0.39 is 0 Å². The Labute approximate surface area is 86.0 Å². The maximum Gasteiger partial charge on any atom is 0.125 e. The summed E-state index contributed by atoms with van der Waals surface area (Å²) in [7, 11) is 0. The molecule has 0 aromatic carbocycles. The summed E-state index contributed by atoms with van der Waals surface area (Å²) in [4.78, 5) is 8.36. The molecule has 3 nitrogen and oxygen atoms in total. The first-order chi connectivity index (χ1) is 6.17. The van der Waals surface area contributed by atoms with Gasteiger partial charge in [0, 0.05) is 11.0 Å². The Morgan fingerprint density at radius 1 is 1.54 bits per heavy atom. The van der Waals surface area contributed by atoms with Crippen LogP contribution in [0.2, 0.25) is 0 Å².